The Kier molecular flexibility index (Phi) is 8.19. The smallest absolute Gasteiger partial charge is 0.223 e. The van der Waals surface area contributed by atoms with Crippen molar-refractivity contribution in [3.05, 3.63) is 59.7 Å². The minimum Gasteiger partial charge on any atom is -0.496 e. The van der Waals surface area contributed by atoms with Crippen molar-refractivity contribution in [1.29, 1.82) is 0 Å². The molecule has 0 radical (unpaired) electrons. The molecule has 4 rings (SSSR count). The van der Waals surface area contributed by atoms with Gasteiger partial charge in [0.15, 0.2) is 5.91 Å². The van der Waals surface area contributed by atoms with Gasteiger partial charge in [-0.3, -0.25) is 4.79 Å². The highest BCUT2D eigenvalue weighted by atomic mass is 28.3. The summed E-state index contributed by atoms with van der Waals surface area (Å²) in [6, 6.07) is 15.4. The Morgan fingerprint density at radius 2 is 1.54 bits per heavy atom. The van der Waals surface area contributed by atoms with Crippen LogP contribution in [0.3, 0.4) is 0 Å². The predicted molar refractivity (Wildman–Crippen MR) is 157 cm³/mol. The molecule has 0 aliphatic carbocycles. The van der Waals surface area contributed by atoms with E-state index in [-0.39, 0.29) is 23.4 Å². The van der Waals surface area contributed by atoms with Crippen LogP contribution in [-0.4, -0.2) is 41.2 Å². The Morgan fingerprint density at radius 3 is 2.10 bits per heavy atom. The fourth-order valence-electron chi connectivity index (χ4n) is 4.81. The number of amides is 1. The van der Waals surface area contributed by atoms with Crippen LogP contribution < -0.4 is 24.3 Å². The van der Waals surface area contributed by atoms with E-state index >= 15 is 0 Å². The fourth-order valence-corrected chi connectivity index (χ4v) is 6.43. The number of ether oxygens (including phenoxy) is 5. The van der Waals surface area contributed by atoms with E-state index in [1.807, 2.05) is 55.5 Å². The molecule has 0 spiro atoms. The van der Waals surface area contributed by atoms with Crippen molar-refractivity contribution in [1.82, 2.24) is 5.32 Å². The normalized spacial score (nSPS) is 18.1. The molecule has 0 fully saturated rings. The van der Waals surface area contributed by atoms with Crippen LogP contribution in [0.2, 0.25) is 18.1 Å². The second-order valence-electron chi connectivity index (χ2n) is 11.7. The molecule has 7 nitrogen and oxygen atoms in total. The molecule has 1 amide bonds. The molecule has 1 N–H and O–H groups in total. The van der Waals surface area contributed by atoms with Crippen molar-refractivity contribution in [2.45, 2.75) is 70.3 Å². The minimum atomic E-state index is -2.19. The van der Waals surface area contributed by atoms with E-state index in [4.69, 9.17) is 23.7 Å². The fraction of sp³-hybridized carbons (Fsp3) is 0.452. The summed E-state index contributed by atoms with van der Waals surface area (Å²) < 4.78 is 30.8. The number of nitrogens with one attached hydrogen (secondary N) is 1. The molecule has 1 heterocycles. The number of methoxy groups -OCH3 is 3. The van der Waals surface area contributed by atoms with E-state index in [0.29, 0.717) is 23.0 Å². The zero-order valence-electron chi connectivity index (χ0n) is 24.5. The van der Waals surface area contributed by atoms with Gasteiger partial charge in [0.1, 0.15) is 31.1 Å². The SMILES string of the molecule is COc1ccc(OC)c2c3c(cc(OC)c12)[C@H](CC(=O)N[C@@H](C)c1ccccc1)OC([Si](C)(C)C(C)(C)C)O3. The van der Waals surface area contributed by atoms with Crippen molar-refractivity contribution in [2.75, 3.05) is 21.3 Å². The molecule has 0 aromatic heterocycles. The number of hydrogen-bond acceptors (Lipinski definition) is 6. The minimum absolute atomic E-state index is 0.0200. The molecule has 3 atom stereocenters. The van der Waals surface area contributed by atoms with Crippen LogP contribution in [0.25, 0.3) is 10.8 Å². The summed E-state index contributed by atoms with van der Waals surface area (Å²) in [4.78, 5) is 13.4. The van der Waals surface area contributed by atoms with Gasteiger partial charge >= 0.3 is 0 Å². The third-order valence-electron chi connectivity index (χ3n) is 8.24. The van der Waals surface area contributed by atoms with Crippen LogP contribution in [0.5, 0.6) is 23.0 Å². The van der Waals surface area contributed by atoms with E-state index in [1.165, 1.54) is 0 Å². The monoisotopic (exact) mass is 551 g/mol. The second-order valence-corrected chi connectivity index (χ2v) is 17.1. The van der Waals surface area contributed by atoms with Gasteiger partial charge in [0, 0.05) is 5.56 Å². The van der Waals surface area contributed by atoms with Crippen molar-refractivity contribution >= 4 is 24.8 Å². The number of fused-ring (bicyclic) bond motifs is 3. The van der Waals surface area contributed by atoms with Crippen molar-refractivity contribution in [3.8, 4) is 23.0 Å². The molecule has 0 saturated heterocycles. The maximum absolute atomic E-state index is 13.4. The molecule has 3 aromatic rings. The lowest BCUT2D eigenvalue weighted by atomic mass is 9.96. The van der Waals surface area contributed by atoms with Crippen LogP contribution in [0.1, 0.15) is 57.4 Å². The first-order valence-corrected chi connectivity index (χ1v) is 16.4. The molecule has 210 valence electrons. The Balaban J connectivity index is 1.84. The maximum Gasteiger partial charge on any atom is 0.223 e. The predicted octanol–water partition coefficient (Wildman–Crippen LogP) is 6.96. The van der Waals surface area contributed by atoms with Gasteiger partial charge in [-0.2, -0.15) is 0 Å². The van der Waals surface area contributed by atoms with Gasteiger partial charge in [-0.15, -0.1) is 0 Å². The van der Waals surface area contributed by atoms with Crippen molar-refractivity contribution in [3.63, 3.8) is 0 Å². The lowest BCUT2D eigenvalue weighted by Crippen LogP contribution is -2.55. The molecule has 1 unspecified atom stereocenters. The number of carbonyl (C=O) groups is 1. The summed E-state index contributed by atoms with van der Waals surface area (Å²) in [6.45, 7) is 13.2. The van der Waals surface area contributed by atoms with Gasteiger partial charge in [-0.1, -0.05) is 64.2 Å². The zero-order chi connectivity index (χ0) is 28.5. The second kappa shape index (κ2) is 11.1. The third-order valence-corrected chi connectivity index (χ3v) is 13.5. The van der Waals surface area contributed by atoms with E-state index in [0.717, 1.165) is 21.9 Å². The lowest BCUT2D eigenvalue weighted by molar-refractivity contribution is -0.133. The van der Waals surface area contributed by atoms with Crippen molar-refractivity contribution < 1.29 is 28.5 Å². The Labute approximate surface area is 232 Å². The van der Waals surface area contributed by atoms with Gasteiger partial charge in [-0.25, -0.2) is 0 Å². The van der Waals surface area contributed by atoms with E-state index < -0.39 is 20.1 Å². The maximum atomic E-state index is 13.4. The van der Waals surface area contributed by atoms with Gasteiger partial charge in [0.2, 0.25) is 5.91 Å². The molecule has 1 aliphatic rings. The van der Waals surface area contributed by atoms with Gasteiger partial charge < -0.3 is 29.0 Å². The molecule has 39 heavy (non-hydrogen) atoms. The van der Waals surface area contributed by atoms with Crippen LogP contribution in [0.4, 0.5) is 0 Å². The summed E-state index contributed by atoms with van der Waals surface area (Å²) in [6.07, 6.45) is -0.398. The number of hydrogen-bond donors (Lipinski definition) is 1. The standard InChI is InChI=1S/C31H41NO6Si/c1-19(20-13-11-10-12-14-20)32-26(33)18-24-21-17-25(36-7)27-22(34-5)15-16-23(35-6)28(27)29(21)38-30(37-24)39(8,9)31(2,3)4/h10-17,19,24,30H,18H2,1-9H3,(H,32,33)/t19-,24-,30?/m0/s1. The van der Waals surface area contributed by atoms with Gasteiger partial charge in [0.05, 0.1) is 50.7 Å². The average molecular weight is 552 g/mol. The Hall–Kier alpha value is -3.23. The Morgan fingerprint density at radius 1 is 0.949 bits per heavy atom. The molecule has 8 heteroatoms. The molecular weight excluding hydrogens is 510 g/mol. The summed E-state index contributed by atoms with van der Waals surface area (Å²) in [5, 5.41) is 4.63. The molecule has 0 saturated carbocycles. The molecule has 3 aromatic carbocycles. The van der Waals surface area contributed by atoms with Crippen LogP contribution in [0.15, 0.2) is 48.5 Å². The summed E-state index contributed by atoms with van der Waals surface area (Å²) in [5.41, 5.74) is 1.80. The zero-order valence-corrected chi connectivity index (χ0v) is 25.5. The molecular formula is C31H41NO6Si. The highest BCUT2D eigenvalue weighted by molar-refractivity contribution is 6.81. The Bertz CT molecular complexity index is 1330. The quantitative estimate of drug-likeness (QED) is 0.305. The number of rotatable bonds is 8. The topological polar surface area (TPSA) is 75.3 Å². The summed E-state index contributed by atoms with van der Waals surface area (Å²) in [5.74, 6) is 1.95. The number of benzene rings is 3. The summed E-state index contributed by atoms with van der Waals surface area (Å²) >= 11 is 0. The highest BCUT2D eigenvalue weighted by Gasteiger charge is 2.49. The first-order chi connectivity index (χ1) is 18.4. The lowest BCUT2D eigenvalue weighted by Gasteiger charge is -2.46. The van der Waals surface area contributed by atoms with Crippen molar-refractivity contribution in [2.24, 2.45) is 0 Å². The van der Waals surface area contributed by atoms with E-state index in [1.54, 1.807) is 21.3 Å². The molecule has 0 bridgehead atoms. The van der Waals surface area contributed by atoms with E-state index in [2.05, 4.69) is 39.2 Å². The largest absolute Gasteiger partial charge is 0.496 e. The van der Waals surface area contributed by atoms with Gasteiger partial charge in [-0.05, 0) is 35.7 Å². The first kappa shape index (κ1) is 28.8. The van der Waals surface area contributed by atoms with Crippen LogP contribution >= 0.6 is 0 Å². The highest BCUT2D eigenvalue weighted by Crippen LogP contribution is 2.53. The van der Waals surface area contributed by atoms with Crippen LogP contribution in [0, 0.1) is 0 Å². The molecule has 1 aliphatic heterocycles. The average Bonchev–Trinajstić information content (AvgIpc) is 2.91. The van der Waals surface area contributed by atoms with Gasteiger partial charge in [0.25, 0.3) is 0 Å². The van der Waals surface area contributed by atoms with Crippen LogP contribution in [-0.2, 0) is 9.53 Å². The number of carbonyl (C=O) groups excluding carboxylic acids is 1. The first-order valence-electron chi connectivity index (χ1n) is 13.3. The third kappa shape index (κ3) is 5.45. The van der Waals surface area contributed by atoms with E-state index in [9.17, 15) is 4.79 Å². The summed E-state index contributed by atoms with van der Waals surface area (Å²) in [7, 11) is 2.69.